The summed E-state index contributed by atoms with van der Waals surface area (Å²) >= 11 is 0. The van der Waals surface area contributed by atoms with E-state index in [-0.39, 0.29) is 28.9 Å². The Morgan fingerprint density at radius 3 is 2.51 bits per heavy atom. The van der Waals surface area contributed by atoms with Crippen molar-refractivity contribution in [2.24, 2.45) is 5.41 Å². The summed E-state index contributed by atoms with van der Waals surface area (Å²) in [6, 6.07) is 11.9. The minimum absolute atomic E-state index is 0.0131. The number of ether oxygens (including phenoxy) is 2. The summed E-state index contributed by atoms with van der Waals surface area (Å²) in [7, 11) is -1.61. The highest BCUT2D eigenvalue weighted by Crippen LogP contribution is 2.44. The SMILES string of the molecule is Cc1ccc(C(c2ccn3c(C(F)(F)F)nnc3c2C)C(C)(C)C)cc1CN1CC2(CCOCC2)Oc2nc(CCC(=O)NC3CCC3)ccc2S1=O. The van der Waals surface area contributed by atoms with Gasteiger partial charge in [0.15, 0.2) is 5.65 Å². The van der Waals surface area contributed by atoms with E-state index in [4.69, 9.17) is 14.5 Å². The van der Waals surface area contributed by atoms with Gasteiger partial charge >= 0.3 is 6.18 Å². The van der Waals surface area contributed by atoms with E-state index in [0.717, 1.165) is 45.9 Å². The Bertz CT molecular complexity index is 2030. The second kappa shape index (κ2) is 14.4. The number of rotatable bonds is 8. The average molecular weight is 753 g/mol. The molecule has 1 spiro atoms. The first-order valence-electron chi connectivity index (χ1n) is 18.4. The molecule has 3 aromatic heterocycles. The molecule has 0 bridgehead atoms. The van der Waals surface area contributed by atoms with Crippen molar-refractivity contribution in [2.75, 3.05) is 19.8 Å². The number of nitrogens with one attached hydrogen (secondary N) is 1. The number of carbonyl (C=O) groups is 1. The molecular weight excluding hydrogens is 706 g/mol. The quantitative estimate of drug-likeness (QED) is 0.206. The molecule has 1 saturated heterocycles. The molecule has 10 nitrogen and oxygen atoms in total. The summed E-state index contributed by atoms with van der Waals surface area (Å²) < 4.78 is 70.9. The lowest BCUT2D eigenvalue weighted by molar-refractivity contribution is -0.145. The standard InChI is InChI=1S/C39H47F3N6O4S/c1-24-9-10-26(33(37(3,4)5)30-15-18-48-34(25(30)2)45-46-36(48)39(40,41)42)21-27(24)22-47-23-38(16-19-51-20-17-38)52-35-31(53(47)50)13-11-29(44-35)12-14-32(49)43-28-7-6-8-28/h9-11,13,15,18,21,28,33H,6-8,12,14,16-17,19-20,22-23H2,1-5H3,(H,43,49). The predicted molar refractivity (Wildman–Crippen MR) is 194 cm³/mol. The number of nitrogens with zero attached hydrogens (tertiary/aromatic N) is 5. The van der Waals surface area contributed by atoms with Gasteiger partial charge in [-0.3, -0.25) is 9.20 Å². The van der Waals surface area contributed by atoms with Crippen LogP contribution in [0, 0.1) is 19.3 Å². The van der Waals surface area contributed by atoms with Crippen LogP contribution < -0.4 is 10.1 Å². The van der Waals surface area contributed by atoms with Crippen LogP contribution in [0.1, 0.15) is 105 Å². The number of carbonyl (C=O) groups excluding carboxylic acids is 1. The van der Waals surface area contributed by atoms with Crippen molar-refractivity contribution in [2.45, 2.75) is 115 Å². The molecule has 284 valence electrons. The summed E-state index contributed by atoms with van der Waals surface area (Å²) in [5, 5.41) is 10.5. The average Bonchev–Trinajstić information content (AvgIpc) is 3.49. The molecule has 2 fully saturated rings. The molecule has 2 atom stereocenters. The summed E-state index contributed by atoms with van der Waals surface area (Å²) in [5.41, 5.74) is 4.40. The summed E-state index contributed by atoms with van der Waals surface area (Å²) in [6.45, 7) is 12.0. The second-order valence-corrected chi connectivity index (χ2v) is 17.3. The number of alkyl halides is 3. The van der Waals surface area contributed by atoms with E-state index in [1.54, 1.807) is 13.0 Å². The maximum atomic E-state index is 14.5. The molecule has 1 N–H and O–H groups in total. The molecule has 4 aromatic rings. The summed E-state index contributed by atoms with van der Waals surface area (Å²) in [4.78, 5) is 17.8. The van der Waals surface area contributed by atoms with Crippen molar-refractivity contribution in [3.05, 3.63) is 81.9 Å². The first kappa shape index (κ1) is 37.4. The number of halogens is 3. The maximum Gasteiger partial charge on any atom is 0.452 e. The van der Waals surface area contributed by atoms with Gasteiger partial charge < -0.3 is 14.8 Å². The van der Waals surface area contributed by atoms with Gasteiger partial charge in [-0.25, -0.2) is 13.5 Å². The number of hydrogen-bond acceptors (Lipinski definition) is 7. The van der Waals surface area contributed by atoms with Gasteiger partial charge in [-0.1, -0.05) is 39.0 Å². The highest BCUT2D eigenvalue weighted by molar-refractivity contribution is 7.82. The van der Waals surface area contributed by atoms with Gasteiger partial charge in [-0.15, -0.1) is 10.2 Å². The topological polar surface area (TPSA) is 111 Å². The molecule has 1 amide bonds. The smallest absolute Gasteiger partial charge is 0.452 e. The number of hydrogen-bond donors (Lipinski definition) is 1. The van der Waals surface area contributed by atoms with Crippen LogP contribution in [0.3, 0.4) is 0 Å². The van der Waals surface area contributed by atoms with Gasteiger partial charge in [-0.05, 0) is 91.0 Å². The zero-order valence-electron chi connectivity index (χ0n) is 30.9. The van der Waals surface area contributed by atoms with Gasteiger partial charge in [0, 0.05) is 49.7 Å². The number of aromatic nitrogens is 4. The second-order valence-electron chi connectivity index (χ2n) is 15.8. The van der Waals surface area contributed by atoms with Gasteiger partial charge in [0.25, 0.3) is 0 Å². The van der Waals surface area contributed by atoms with E-state index in [2.05, 4.69) is 54.5 Å². The maximum absolute atomic E-state index is 14.5. The van der Waals surface area contributed by atoms with E-state index in [1.165, 1.54) is 6.20 Å². The molecule has 0 radical (unpaired) electrons. The number of fused-ring (bicyclic) bond motifs is 2. The van der Waals surface area contributed by atoms with Crippen LogP contribution in [0.2, 0.25) is 0 Å². The van der Waals surface area contributed by atoms with Gasteiger partial charge in [0.1, 0.15) is 21.5 Å². The fraction of sp³-hybridized carbons (Fsp3) is 0.538. The molecule has 1 aliphatic carbocycles. The number of aryl methyl sites for hydroxylation is 3. The van der Waals surface area contributed by atoms with Crippen LogP contribution in [0.4, 0.5) is 13.2 Å². The van der Waals surface area contributed by atoms with Crippen LogP contribution in [0.5, 0.6) is 5.88 Å². The molecule has 3 aliphatic rings. The van der Waals surface area contributed by atoms with Crippen molar-refractivity contribution in [1.29, 1.82) is 0 Å². The van der Waals surface area contributed by atoms with E-state index in [9.17, 15) is 22.2 Å². The van der Waals surface area contributed by atoms with Crippen LogP contribution in [-0.4, -0.2) is 65.4 Å². The van der Waals surface area contributed by atoms with Crippen LogP contribution in [0.15, 0.2) is 47.5 Å². The molecule has 1 saturated carbocycles. The molecule has 2 aliphatic heterocycles. The molecule has 2 unspecified atom stereocenters. The third-order valence-corrected chi connectivity index (χ3v) is 12.3. The molecule has 1 aromatic carbocycles. The van der Waals surface area contributed by atoms with Crippen LogP contribution in [0.25, 0.3) is 5.65 Å². The lowest BCUT2D eigenvalue weighted by atomic mass is 9.71. The van der Waals surface area contributed by atoms with E-state index >= 15 is 0 Å². The van der Waals surface area contributed by atoms with Crippen molar-refractivity contribution < 1.29 is 31.6 Å². The zero-order chi connectivity index (χ0) is 37.7. The first-order chi connectivity index (χ1) is 25.1. The highest BCUT2D eigenvalue weighted by atomic mass is 32.2. The lowest BCUT2D eigenvalue weighted by Crippen LogP contribution is -2.49. The highest BCUT2D eigenvalue weighted by Gasteiger charge is 2.43. The van der Waals surface area contributed by atoms with E-state index < -0.39 is 28.6 Å². The summed E-state index contributed by atoms with van der Waals surface area (Å²) in [6.07, 6.45) is 1.98. The van der Waals surface area contributed by atoms with Gasteiger partial charge in [-0.2, -0.15) is 13.2 Å². The van der Waals surface area contributed by atoms with Gasteiger partial charge in [0.2, 0.25) is 17.6 Å². The largest absolute Gasteiger partial charge is 0.469 e. The van der Waals surface area contributed by atoms with E-state index in [0.29, 0.717) is 74.0 Å². The molecule has 7 rings (SSSR count). The van der Waals surface area contributed by atoms with Crippen molar-refractivity contribution >= 4 is 22.5 Å². The Labute approximate surface area is 310 Å². The summed E-state index contributed by atoms with van der Waals surface area (Å²) in [5.74, 6) is -0.893. The van der Waals surface area contributed by atoms with E-state index in [1.807, 2.05) is 23.4 Å². The fourth-order valence-electron chi connectivity index (χ4n) is 7.76. The Morgan fingerprint density at radius 1 is 1.08 bits per heavy atom. The number of benzene rings is 1. The Morgan fingerprint density at radius 2 is 1.83 bits per heavy atom. The predicted octanol–water partition coefficient (Wildman–Crippen LogP) is 7.01. The minimum atomic E-state index is -4.63. The third-order valence-electron chi connectivity index (χ3n) is 10.9. The van der Waals surface area contributed by atoms with Crippen molar-refractivity contribution in [1.82, 2.24) is 29.2 Å². The first-order valence-corrected chi connectivity index (χ1v) is 19.5. The molecule has 5 heterocycles. The zero-order valence-corrected chi connectivity index (χ0v) is 31.7. The fourth-order valence-corrected chi connectivity index (χ4v) is 9.07. The van der Waals surface area contributed by atoms with Gasteiger partial charge in [0.05, 0.1) is 19.8 Å². The Kier molecular flexibility index (Phi) is 10.2. The Balaban J connectivity index is 1.19. The molecule has 53 heavy (non-hydrogen) atoms. The van der Waals surface area contributed by atoms with Crippen molar-refractivity contribution in [3.8, 4) is 5.88 Å². The minimum Gasteiger partial charge on any atom is -0.469 e. The third kappa shape index (κ3) is 7.72. The van der Waals surface area contributed by atoms with Crippen molar-refractivity contribution in [3.63, 3.8) is 0 Å². The number of pyridine rings is 2. The molecule has 14 heteroatoms. The molecular formula is C39H47F3N6O4S. The van der Waals surface area contributed by atoms with Crippen LogP contribution in [-0.2, 0) is 39.7 Å². The lowest BCUT2D eigenvalue weighted by Gasteiger charge is -2.38. The number of amides is 1. The van der Waals surface area contributed by atoms with Crippen LogP contribution >= 0.6 is 0 Å². The Hall–Kier alpha value is -3.88. The monoisotopic (exact) mass is 752 g/mol. The normalized spacial score (nSPS) is 20.0.